The number of carbonyl (C=O) groups is 1. The van der Waals surface area contributed by atoms with Gasteiger partial charge in [0.05, 0.1) is 6.04 Å². The van der Waals surface area contributed by atoms with Crippen LogP contribution in [0, 0.1) is 0 Å². The summed E-state index contributed by atoms with van der Waals surface area (Å²) in [5, 5.41) is 8.25. The molecule has 0 saturated carbocycles. The van der Waals surface area contributed by atoms with Gasteiger partial charge in [-0.1, -0.05) is 0 Å². The summed E-state index contributed by atoms with van der Waals surface area (Å²) >= 11 is 0. The molecule has 0 spiro atoms. The van der Waals surface area contributed by atoms with Crippen molar-refractivity contribution in [1.82, 2.24) is 0 Å². The summed E-state index contributed by atoms with van der Waals surface area (Å²) in [5.74, 6) is -0.0703. The highest BCUT2D eigenvalue weighted by molar-refractivity contribution is 5.81. The molecular weight excluding hydrogens is 106 g/mol. The van der Waals surface area contributed by atoms with E-state index in [1.165, 1.54) is 6.92 Å². The number of rotatable bonds is 3. The molecule has 0 aliphatic rings. The Labute approximate surface area is 48.5 Å². The number of hydrogen-bond donors (Lipinski definition) is 2. The third-order valence-electron chi connectivity index (χ3n) is 0.962. The van der Waals surface area contributed by atoms with Crippen LogP contribution < -0.4 is 5.73 Å². The monoisotopic (exact) mass is 117 g/mol. The molecule has 0 bridgehead atoms. The molecule has 0 aromatic carbocycles. The zero-order chi connectivity index (χ0) is 6.57. The molecule has 0 saturated heterocycles. The van der Waals surface area contributed by atoms with Crippen LogP contribution in [0.4, 0.5) is 0 Å². The Hall–Kier alpha value is -0.410. The lowest BCUT2D eigenvalue weighted by Crippen LogP contribution is -2.28. The van der Waals surface area contributed by atoms with Gasteiger partial charge in [-0.15, -0.1) is 0 Å². The maximum atomic E-state index is 10.3. The molecule has 0 amide bonds. The zero-order valence-electron chi connectivity index (χ0n) is 4.92. The largest absolute Gasteiger partial charge is 0.396 e. The van der Waals surface area contributed by atoms with E-state index >= 15 is 0 Å². The molecule has 8 heavy (non-hydrogen) atoms. The molecule has 3 N–H and O–H groups in total. The van der Waals surface area contributed by atoms with Crippen molar-refractivity contribution in [3.63, 3.8) is 0 Å². The number of aliphatic hydroxyl groups excluding tert-OH is 1. The second-order valence-corrected chi connectivity index (χ2v) is 1.73. The molecule has 0 fully saturated rings. The van der Waals surface area contributed by atoms with Crippen LogP contribution in [0.25, 0.3) is 0 Å². The van der Waals surface area contributed by atoms with Crippen LogP contribution in [0.15, 0.2) is 0 Å². The lowest BCUT2D eigenvalue weighted by atomic mass is 10.2. The van der Waals surface area contributed by atoms with Crippen LogP contribution in [-0.4, -0.2) is 23.5 Å². The van der Waals surface area contributed by atoms with Gasteiger partial charge >= 0.3 is 0 Å². The molecule has 0 unspecified atom stereocenters. The van der Waals surface area contributed by atoms with Crippen molar-refractivity contribution in [2.24, 2.45) is 5.73 Å². The van der Waals surface area contributed by atoms with Crippen molar-refractivity contribution in [3.8, 4) is 0 Å². The number of hydrogen-bond acceptors (Lipinski definition) is 3. The van der Waals surface area contributed by atoms with Crippen LogP contribution in [0.5, 0.6) is 0 Å². The van der Waals surface area contributed by atoms with Crippen molar-refractivity contribution in [1.29, 1.82) is 0 Å². The number of ketones is 1. The smallest absolute Gasteiger partial charge is 0.146 e. The van der Waals surface area contributed by atoms with Crippen LogP contribution in [0.2, 0.25) is 0 Å². The highest BCUT2D eigenvalue weighted by Gasteiger charge is 2.04. The van der Waals surface area contributed by atoms with Crippen molar-refractivity contribution in [3.05, 3.63) is 0 Å². The fourth-order valence-corrected chi connectivity index (χ4v) is 0.342. The minimum Gasteiger partial charge on any atom is -0.396 e. The third kappa shape index (κ3) is 2.71. The van der Waals surface area contributed by atoms with Gasteiger partial charge in [0, 0.05) is 6.61 Å². The number of aliphatic hydroxyl groups is 1. The fraction of sp³-hybridized carbons (Fsp3) is 0.800. The van der Waals surface area contributed by atoms with Crippen LogP contribution in [0.3, 0.4) is 0 Å². The number of carbonyl (C=O) groups excluding carboxylic acids is 1. The van der Waals surface area contributed by atoms with E-state index in [-0.39, 0.29) is 12.4 Å². The predicted molar refractivity (Wildman–Crippen MR) is 30.4 cm³/mol. The summed E-state index contributed by atoms with van der Waals surface area (Å²) in [6.45, 7) is 1.40. The van der Waals surface area contributed by atoms with Gasteiger partial charge < -0.3 is 10.8 Å². The van der Waals surface area contributed by atoms with Crippen molar-refractivity contribution in [2.75, 3.05) is 6.61 Å². The molecule has 0 aromatic rings. The van der Waals surface area contributed by atoms with Crippen LogP contribution >= 0.6 is 0 Å². The fourth-order valence-electron chi connectivity index (χ4n) is 0.342. The second kappa shape index (κ2) is 3.57. The van der Waals surface area contributed by atoms with Gasteiger partial charge in [0.15, 0.2) is 0 Å². The van der Waals surface area contributed by atoms with E-state index < -0.39 is 6.04 Å². The molecule has 0 aliphatic carbocycles. The lowest BCUT2D eigenvalue weighted by Gasteiger charge is -2.01. The van der Waals surface area contributed by atoms with E-state index in [0.29, 0.717) is 6.42 Å². The molecule has 0 rings (SSSR count). The molecule has 48 valence electrons. The van der Waals surface area contributed by atoms with E-state index in [2.05, 4.69) is 0 Å². The van der Waals surface area contributed by atoms with Crippen molar-refractivity contribution >= 4 is 5.78 Å². The van der Waals surface area contributed by atoms with Crippen molar-refractivity contribution in [2.45, 2.75) is 19.4 Å². The van der Waals surface area contributed by atoms with E-state index in [9.17, 15) is 4.79 Å². The second-order valence-electron chi connectivity index (χ2n) is 1.73. The van der Waals surface area contributed by atoms with Gasteiger partial charge in [0.1, 0.15) is 5.78 Å². The average molecular weight is 117 g/mol. The minimum absolute atomic E-state index is 0.0131. The lowest BCUT2D eigenvalue weighted by molar-refractivity contribution is -0.118. The van der Waals surface area contributed by atoms with Gasteiger partial charge in [0.25, 0.3) is 0 Å². The van der Waals surface area contributed by atoms with Gasteiger partial charge in [0.2, 0.25) is 0 Å². The van der Waals surface area contributed by atoms with Crippen LogP contribution in [0.1, 0.15) is 13.3 Å². The van der Waals surface area contributed by atoms with Gasteiger partial charge in [-0.25, -0.2) is 0 Å². The zero-order valence-corrected chi connectivity index (χ0v) is 4.92. The average Bonchev–Trinajstić information content (AvgIpc) is 1.67. The first-order chi connectivity index (χ1) is 3.68. The first-order valence-corrected chi connectivity index (χ1v) is 2.55. The summed E-state index contributed by atoms with van der Waals surface area (Å²) in [7, 11) is 0. The summed E-state index contributed by atoms with van der Waals surface area (Å²) in [5.41, 5.74) is 5.22. The van der Waals surface area contributed by atoms with E-state index in [0.717, 1.165) is 0 Å². The maximum Gasteiger partial charge on any atom is 0.146 e. The molecule has 3 heteroatoms. The minimum atomic E-state index is -0.472. The Balaban J connectivity index is 3.32. The molecule has 1 atom stereocenters. The Bertz CT molecular complexity index is 82.5. The number of nitrogens with two attached hydrogens (primary N) is 1. The topological polar surface area (TPSA) is 63.3 Å². The van der Waals surface area contributed by atoms with Gasteiger partial charge in [-0.3, -0.25) is 4.79 Å². The molecular formula is C5H11NO2. The van der Waals surface area contributed by atoms with Crippen LogP contribution in [-0.2, 0) is 4.79 Å². The molecule has 0 radical (unpaired) electrons. The first kappa shape index (κ1) is 7.59. The Morgan fingerprint density at radius 3 is 2.50 bits per heavy atom. The standard InChI is InChI=1S/C5H11NO2/c1-4(8)5(6)2-3-7/h5,7H,2-3,6H2,1H3/t5-/m1/s1. The van der Waals surface area contributed by atoms with E-state index in [1.54, 1.807) is 0 Å². The Morgan fingerprint density at radius 2 is 2.38 bits per heavy atom. The maximum absolute atomic E-state index is 10.3. The summed E-state index contributed by atoms with van der Waals surface area (Å²) in [6, 6.07) is -0.472. The SMILES string of the molecule is CC(=O)[C@H](N)CCO. The quantitative estimate of drug-likeness (QED) is 0.513. The third-order valence-corrected chi connectivity index (χ3v) is 0.962. The molecule has 0 heterocycles. The van der Waals surface area contributed by atoms with Gasteiger partial charge in [-0.05, 0) is 13.3 Å². The number of Topliss-reactive ketones (excluding diaryl/α,β-unsaturated/α-hetero) is 1. The highest BCUT2D eigenvalue weighted by Crippen LogP contribution is 1.85. The predicted octanol–water partition coefficient (Wildman–Crippen LogP) is -0.715. The Kier molecular flexibility index (Phi) is 3.39. The first-order valence-electron chi connectivity index (χ1n) is 2.55. The summed E-state index contributed by atoms with van der Waals surface area (Å²) < 4.78 is 0. The highest BCUT2D eigenvalue weighted by atomic mass is 16.3. The van der Waals surface area contributed by atoms with Gasteiger partial charge in [-0.2, -0.15) is 0 Å². The summed E-state index contributed by atoms with van der Waals surface area (Å²) in [6.07, 6.45) is 0.370. The molecule has 3 nitrogen and oxygen atoms in total. The Morgan fingerprint density at radius 1 is 1.88 bits per heavy atom. The van der Waals surface area contributed by atoms with E-state index in [1.807, 2.05) is 0 Å². The van der Waals surface area contributed by atoms with E-state index in [4.69, 9.17) is 10.8 Å². The normalized spacial score (nSPS) is 13.4. The molecule has 0 aliphatic heterocycles. The molecule has 0 aromatic heterocycles. The summed E-state index contributed by atoms with van der Waals surface area (Å²) in [4.78, 5) is 10.3. The van der Waals surface area contributed by atoms with Crippen molar-refractivity contribution < 1.29 is 9.90 Å².